The van der Waals surface area contributed by atoms with Crippen LogP contribution >= 0.6 is 0 Å². The van der Waals surface area contributed by atoms with Crippen molar-refractivity contribution in [3.8, 4) is 0 Å². The fraction of sp³-hybridized carbons (Fsp3) is 0.500. The third-order valence-corrected chi connectivity index (χ3v) is 6.61. The van der Waals surface area contributed by atoms with Gasteiger partial charge in [0.15, 0.2) is 0 Å². The van der Waals surface area contributed by atoms with Crippen molar-refractivity contribution in [2.24, 2.45) is 11.3 Å². The van der Waals surface area contributed by atoms with Crippen LogP contribution in [0.25, 0.3) is 5.57 Å². The zero-order valence-electron chi connectivity index (χ0n) is 18.1. The van der Waals surface area contributed by atoms with Gasteiger partial charge in [-0.05, 0) is 54.4 Å². The van der Waals surface area contributed by atoms with Crippen LogP contribution in [-0.2, 0) is 19.2 Å². The molecule has 1 aromatic carbocycles. The number of halogens is 2. The maximum absolute atomic E-state index is 13.6. The number of hydrogen-bond acceptors (Lipinski definition) is 7. The van der Waals surface area contributed by atoms with Crippen molar-refractivity contribution in [2.75, 3.05) is 26.7 Å². The number of carbonyl (C=O) groups excluding carboxylic acids is 3. The molecule has 178 valence electrons. The predicted molar refractivity (Wildman–Crippen MR) is 109 cm³/mol. The Bertz CT molecular complexity index is 976. The van der Waals surface area contributed by atoms with Gasteiger partial charge in [-0.2, -0.15) is 0 Å². The highest BCUT2D eigenvalue weighted by Gasteiger charge is 2.57. The minimum absolute atomic E-state index is 0.146. The summed E-state index contributed by atoms with van der Waals surface area (Å²) in [4.78, 5) is 44.5. The van der Waals surface area contributed by atoms with Gasteiger partial charge in [0.1, 0.15) is 17.7 Å². The number of ether oxygens (including phenoxy) is 1. The molecule has 2 fully saturated rings. The third kappa shape index (κ3) is 4.83. The molecule has 2 atom stereocenters. The zero-order valence-corrected chi connectivity index (χ0v) is 18.1. The first kappa shape index (κ1) is 23.1. The van der Waals surface area contributed by atoms with Crippen LogP contribution in [0.2, 0.25) is 0 Å². The number of hydrogen-bond donors (Lipinski definition) is 2. The number of amides is 2. The Morgan fingerprint density at radius 2 is 1.88 bits per heavy atom. The highest BCUT2D eigenvalue weighted by atomic mass is 19.1. The normalized spacial score (nSPS) is 24.1. The zero-order chi connectivity index (χ0) is 23.8. The van der Waals surface area contributed by atoms with E-state index in [-0.39, 0.29) is 25.0 Å². The quantitative estimate of drug-likeness (QED) is 0.399. The van der Waals surface area contributed by atoms with E-state index in [0.29, 0.717) is 24.0 Å². The predicted octanol–water partition coefficient (Wildman–Crippen LogP) is 2.25. The first-order chi connectivity index (χ1) is 15.7. The monoisotopic (exact) mass is 465 g/mol. The van der Waals surface area contributed by atoms with Crippen molar-refractivity contribution in [2.45, 2.75) is 31.7 Å². The SMILES string of the molecule is COC(=O)ON1CC2(CC2)CC(C(=O)NO)C1C(=O)N1CC=C(c2cc(F)cc(F)c2)CC1. The van der Waals surface area contributed by atoms with Crippen LogP contribution in [0.1, 0.15) is 31.2 Å². The Hall–Kier alpha value is -3.05. The molecule has 1 aliphatic carbocycles. The van der Waals surface area contributed by atoms with E-state index in [1.807, 2.05) is 0 Å². The Morgan fingerprint density at radius 3 is 2.42 bits per heavy atom. The molecule has 4 rings (SSSR count). The maximum Gasteiger partial charge on any atom is 0.527 e. The van der Waals surface area contributed by atoms with Crippen LogP contribution in [0.3, 0.4) is 0 Å². The summed E-state index contributed by atoms with van der Waals surface area (Å²) in [6.07, 6.45) is 3.03. The Morgan fingerprint density at radius 1 is 1.18 bits per heavy atom. The van der Waals surface area contributed by atoms with Gasteiger partial charge in [0.2, 0.25) is 11.8 Å². The molecule has 1 aromatic rings. The highest BCUT2D eigenvalue weighted by Crippen LogP contribution is 2.55. The number of nitrogens with one attached hydrogen (secondary N) is 1. The van der Waals surface area contributed by atoms with Gasteiger partial charge in [-0.3, -0.25) is 14.8 Å². The number of benzene rings is 1. The number of hydroxylamine groups is 3. The second-order valence-corrected chi connectivity index (χ2v) is 8.77. The van der Waals surface area contributed by atoms with E-state index in [4.69, 9.17) is 4.84 Å². The van der Waals surface area contributed by atoms with Crippen molar-refractivity contribution in [1.29, 1.82) is 0 Å². The van der Waals surface area contributed by atoms with E-state index in [1.165, 1.54) is 22.1 Å². The van der Waals surface area contributed by atoms with Gasteiger partial charge in [0.25, 0.3) is 0 Å². The summed E-state index contributed by atoms with van der Waals surface area (Å²) < 4.78 is 31.7. The molecule has 1 saturated heterocycles. The van der Waals surface area contributed by atoms with Crippen molar-refractivity contribution in [1.82, 2.24) is 15.4 Å². The Balaban J connectivity index is 1.56. The molecule has 11 heteroatoms. The van der Waals surface area contributed by atoms with Gasteiger partial charge >= 0.3 is 6.16 Å². The fourth-order valence-corrected chi connectivity index (χ4v) is 4.71. The number of piperidine rings is 1. The number of carbonyl (C=O) groups is 3. The van der Waals surface area contributed by atoms with Crippen LogP contribution in [0.15, 0.2) is 24.3 Å². The molecule has 1 saturated carbocycles. The number of nitrogens with zero attached hydrogens (tertiary/aromatic N) is 2. The lowest BCUT2D eigenvalue weighted by Gasteiger charge is -2.43. The molecule has 2 aliphatic heterocycles. The standard InChI is InChI=1S/C22H25F2N3O6/c1-32-21(30)33-27-12-22(4-5-22)11-17(19(28)25-31)18(27)20(29)26-6-2-13(3-7-26)14-8-15(23)10-16(24)9-14/h2,8-10,17-18,31H,3-7,11-12H2,1H3,(H,25,28). The van der Waals surface area contributed by atoms with Crippen LogP contribution in [0.5, 0.6) is 0 Å². The van der Waals surface area contributed by atoms with E-state index in [9.17, 15) is 28.4 Å². The van der Waals surface area contributed by atoms with Crippen molar-refractivity contribution in [3.63, 3.8) is 0 Å². The summed E-state index contributed by atoms with van der Waals surface area (Å²) in [5.41, 5.74) is 2.46. The van der Waals surface area contributed by atoms with E-state index < -0.39 is 41.6 Å². The molecule has 33 heavy (non-hydrogen) atoms. The summed E-state index contributed by atoms with van der Waals surface area (Å²) in [5, 5.41) is 10.4. The van der Waals surface area contributed by atoms with Crippen molar-refractivity contribution in [3.05, 3.63) is 41.5 Å². The lowest BCUT2D eigenvalue weighted by molar-refractivity contribution is -0.203. The molecule has 9 nitrogen and oxygen atoms in total. The van der Waals surface area contributed by atoms with Gasteiger partial charge in [-0.15, -0.1) is 5.06 Å². The minimum Gasteiger partial charge on any atom is -0.436 e. The fourth-order valence-electron chi connectivity index (χ4n) is 4.71. The van der Waals surface area contributed by atoms with E-state index in [1.54, 1.807) is 11.6 Å². The maximum atomic E-state index is 13.6. The minimum atomic E-state index is -1.15. The molecule has 0 radical (unpaired) electrons. The largest absolute Gasteiger partial charge is 0.527 e. The summed E-state index contributed by atoms with van der Waals surface area (Å²) in [6.45, 7) is 0.655. The van der Waals surface area contributed by atoms with Gasteiger partial charge in [0.05, 0.1) is 13.0 Å². The Labute approximate surface area is 188 Å². The molecule has 2 amide bonds. The average molecular weight is 465 g/mol. The summed E-state index contributed by atoms with van der Waals surface area (Å²) >= 11 is 0. The molecule has 3 aliphatic rings. The van der Waals surface area contributed by atoms with Gasteiger partial charge < -0.3 is 14.5 Å². The first-order valence-electron chi connectivity index (χ1n) is 10.7. The van der Waals surface area contributed by atoms with Crippen LogP contribution < -0.4 is 5.48 Å². The topological polar surface area (TPSA) is 108 Å². The van der Waals surface area contributed by atoms with Crippen molar-refractivity contribution >= 4 is 23.5 Å². The highest BCUT2D eigenvalue weighted by molar-refractivity contribution is 5.90. The summed E-state index contributed by atoms with van der Waals surface area (Å²) in [6, 6.07) is 2.11. The van der Waals surface area contributed by atoms with E-state index >= 15 is 0 Å². The van der Waals surface area contributed by atoms with Gasteiger partial charge in [-0.1, -0.05) is 6.08 Å². The van der Waals surface area contributed by atoms with Gasteiger partial charge in [-0.25, -0.2) is 19.1 Å². The third-order valence-electron chi connectivity index (χ3n) is 6.61. The van der Waals surface area contributed by atoms with Crippen LogP contribution in [0, 0.1) is 23.0 Å². The van der Waals surface area contributed by atoms with E-state index in [0.717, 1.165) is 26.0 Å². The molecule has 2 N–H and O–H groups in total. The van der Waals surface area contributed by atoms with Crippen LogP contribution in [0.4, 0.5) is 13.6 Å². The summed E-state index contributed by atoms with van der Waals surface area (Å²) in [5.74, 6) is -3.50. The molecule has 2 unspecified atom stereocenters. The smallest absolute Gasteiger partial charge is 0.436 e. The van der Waals surface area contributed by atoms with Gasteiger partial charge in [0, 0.05) is 25.7 Å². The lowest BCUT2D eigenvalue weighted by atomic mass is 9.80. The Kier molecular flexibility index (Phi) is 6.35. The molecule has 2 heterocycles. The number of rotatable bonds is 4. The van der Waals surface area contributed by atoms with Crippen LogP contribution in [-0.4, -0.2) is 65.9 Å². The molecular weight excluding hydrogens is 440 g/mol. The second-order valence-electron chi connectivity index (χ2n) is 8.77. The average Bonchev–Trinajstić information content (AvgIpc) is 3.55. The molecule has 0 aromatic heterocycles. The molecular formula is C22H25F2N3O6. The molecule has 1 spiro atoms. The lowest BCUT2D eigenvalue weighted by Crippen LogP contribution is -2.61. The summed E-state index contributed by atoms with van der Waals surface area (Å²) in [7, 11) is 1.14. The second kappa shape index (κ2) is 9.06. The first-order valence-corrected chi connectivity index (χ1v) is 10.7. The van der Waals surface area contributed by atoms with E-state index in [2.05, 4.69) is 4.74 Å². The van der Waals surface area contributed by atoms with Crippen molar-refractivity contribution < 1.29 is 37.9 Å². The molecule has 0 bridgehead atoms. The number of methoxy groups -OCH3 is 1.